The molecule has 4 rings (SSSR count). The van der Waals surface area contributed by atoms with Gasteiger partial charge in [-0.05, 0) is 36.8 Å². The number of nitrogens with zero attached hydrogens (tertiary/aromatic N) is 3. The molecule has 0 fully saturated rings. The number of aryl methyl sites for hydroxylation is 1. The van der Waals surface area contributed by atoms with Crippen LogP contribution in [0.4, 0.5) is 0 Å². The van der Waals surface area contributed by atoms with Crippen molar-refractivity contribution < 1.29 is 4.79 Å². The van der Waals surface area contributed by atoms with E-state index in [1.165, 1.54) is 0 Å². The number of imidazole rings is 1. The molecular weight excluding hydrogens is 412 g/mol. The zero-order chi connectivity index (χ0) is 19.5. The zero-order valence-corrected chi connectivity index (χ0v) is 17.4. The minimum absolute atomic E-state index is 0.121. The quantitative estimate of drug-likeness (QED) is 0.440. The predicted octanol–water partition coefficient (Wildman–Crippen LogP) is 4.97. The second-order valence-electron chi connectivity index (χ2n) is 6.27. The highest BCUT2D eigenvalue weighted by molar-refractivity contribution is 8.00. The lowest BCUT2D eigenvalue weighted by molar-refractivity contribution is 0.0950. The summed E-state index contributed by atoms with van der Waals surface area (Å²) in [5, 5.41) is 5.60. The van der Waals surface area contributed by atoms with Gasteiger partial charge in [0.1, 0.15) is 9.99 Å². The monoisotopic (exact) mass is 428 g/mol. The molecule has 3 aromatic heterocycles. The van der Waals surface area contributed by atoms with Gasteiger partial charge in [0, 0.05) is 34.8 Å². The fourth-order valence-corrected chi connectivity index (χ4v) is 4.64. The van der Waals surface area contributed by atoms with Crippen LogP contribution < -0.4 is 5.32 Å². The smallest absolute Gasteiger partial charge is 0.251 e. The number of aromatic nitrogens is 3. The van der Waals surface area contributed by atoms with Crippen molar-refractivity contribution >= 4 is 46.3 Å². The maximum Gasteiger partial charge on any atom is 0.251 e. The van der Waals surface area contributed by atoms with Crippen molar-refractivity contribution in [3.05, 3.63) is 81.7 Å². The highest BCUT2D eigenvalue weighted by atomic mass is 35.5. The van der Waals surface area contributed by atoms with Gasteiger partial charge in [0.2, 0.25) is 0 Å². The van der Waals surface area contributed by atoms with Gasteiger partial charge in [0.05, 0.1) is 17.3 Å². The second kappa shape index (κ2) is 8.34. The zero-order valence-electron chi connectivity index (χ0n) is 15.1. The molecule has 0 aliphatic heterocycles. The molecule has 5 nitrogen and oxygen atoms in total. The normalized spacial score (nSPS) is 11.1. The molecule has 1 aromatic carbocycles. The summed E-state index contributed by atoms with van der Waals surface area (Å²) in [6.45, 7) is 2.36. The fourth-order valence-electron chi connectivity index (χ4n) is 2.67. The van der Waals surface area contributed by atoms with Crippen LogP contribution in [0, 0.1) is 6.92 Å². The number of hydrogen-bond acceptors (Lipinski definition) is 5. The van der Waals surface area contributed by atoms with E-state index in [0.29, 0.717) is 17.1 Å². The number of benzene rings is 1. The summed E-state index contributed by atoms with van der Waals surface area (Å²) in [6.07, 6.45) is 3.65. The summed E-state index contributed by atoms with van der Waals surface area (Å²) in [5.74, 6) is 0.711. The van der Waals surface area contributed by atoms with Gasteiger partial charge in [-0.2, -0.15) is 0 Å². The minimum atomic E-state index is -0.121. The van der Waals surface area contributed by atoms with Crippen molar-refractivity contribution in [3.8, 4) is 0 Å². The summed E-state index contributed by atoms with van der Waals surface area (Å²) < 4.78 is 2.91. The van der Waals surface area contributed by atoms with E-state index in [1.54, 1.807) is 35.4 Å². The Bertz CT molecular complexity index is 1120. The number of thioether (sulfide) groups is 1. The number of amides is 1. The average Bonchev–Trinajstić information content (AvgIpc) is 3.30. The summed E-state index contributed by atoms with van der Waals surface area (Å²) in [7, 11) is 0. The van der Waals surface area contributed by atoms with Crippen molar-refractivity contribution in [2.24, 2.45) is 0 Å². The molecule has 1 N–H and O–H groups in total. The standard InChI is InChI=1S/C20H17ClN4OS2/c1-13-11-27-20(23-13)28-12-14-2-4-15(5-3-14)19(26)22-8-17-10-25-9-16(21)6-7-18(25)24-17/h2-7,9-11H,8,12H2,1H3,(H,22,26). The van der Waals surface area contributed by atoms with Gasteiger partial charge in [-0.3, -0.25) is 4.79 Å². The first-order valence-corrected chi connectivity index (χ1v) is 10.9. The highest BCUT2D eigenvalue weighted by Crippen LogP contribution is 2.26. The van der Waals surface area contributed by atoms with E-state index in [1.807, 2.05) is 53.2 Å². The summed E-state index contributed by atoms with van der Waals surface area (Å²) in [6, 6.07) is 11.3. The van der Waals surface area contributed by atoms with E-state index >= 15 is 0 Å². The van der Waals surface area contributed by atoms with Gasteiger partial charge in [0.25, 0.3) is 5.91 Å². The Labute approximate surface area is 175 Å². The largest absolute Gasteiger partial charge is 0.346 e. The Balaban J connectivity index is 1.33. The lowest BCUT2D eigenvalue weighted by Gasteiger charge is -2.05. The first-order chi connectivity index (χ1) is 13.6. The van der Waals surface area contributed by atoms with Crippen LogP contribution in [0.25, 0.3) is 5.65 Å². The van der Waals surface area contributed by atoms with Crippen LogP contribution in [0.5, 0.6) is 0 Å². The highest BCUT2D eigenvalue weighted by Gasteiger charge is 2.08. The Hall–Kier alpha value is -2.35. The first-order valence-electron chi connectivity index (χ1n) is 8.62. The molecule has 0 aliphatic rings. The van der Waals surface area contributed by atoms with Crippen LogP contribution in [0.2, 0.25) is 5.02 Å². The molecule has 4 aromatic rings. The van der Waals surface area contributed by atoms with Crippen LogP contribution >= 0.6 is 34.7 Å². The van der Waals surface area contributed by atoms with Gasteiger partial charge in [0.15, 0.2) is 0 Å². The Morgan fingerprint density at radius 1 is 1.18 bits per heavy atom. The molecule has 0 aliphatic carbocycles. The lowest BCUT2D eigenvalue weighted by atomic mass is 10.1. The Kier molecular flexibility index (Phi) is 5.66. The van der Waals surface area contributed by atoms with Gasteiger partial charge in [-0.25, -0.2) is 9.97 Å². The van der Waals surface area contributed by atoms with E-state index in [9.17, 15) is 4.79 Å². The minimum Gasteiger partial charge on any atom is -0.346 e. The number of nitrogens with one attached hydrogen (secondary N) is 1. The van der Waals surface area contributed by atoms with E-state index in [-0.39, 0.29) is 5.91 Å². The molecular formula is C20H17ClN4OS2. The summed E-state index contributed by atoms with van der Waals surface area (Å²) >= 11 is 9.35. The molecule has 0 saturated heterocycles. The molecule has 28 heavy (non-hydrogen) atoms. The van der Waals surface area contributed by atoms with E-state index in [2.05, 4.69) is 15.3 Å². The van der Waals surface area contributed by atoms with Crippen molar-refractivity contribution in [1.29, 1.82) is 0 Å². The third-order valence-corrected chi connectivity index (χ3v) is 6.50. The van der Waals surface area contributed by atoms with E-state index in [4.69, 9.17) is 11.6 Å². The number of thiazole rings is 1. The van der Waals surface area contributed by atoms with Crippen LogP contribution in [0.3, 0.4) is 0 Å². The molecule has 0 spiro atoms. The number of carbonyl (C=O) groups is 1. The molecule has 0 atom stereocenters. The maximum atomic E-state index is 12.4. The number of halogens is 1. The predicted molar refractivity (Wildman–Crippen MR) is 114 cm³/mol. The summed E-state index contributed by atoms with van der Waals surface area (Å²) in [5.41, 5.74) is 4.42. The first kappa shape index (κ1) is 19.0. The topological polar surface area (TPSA) is 59.3 Å². The third-order valence-electron chi connectivity index (χ3n) is 4.07. The number of fused-ring (bicyclic) bond motifs is 1. The molecule has 142 valence electrons. The molecule has 1 amide bonds. The Morgan fingerprint density at radius 3 is 2.75 bits per heavy atom. The van der Waals surface area contributed by atoms with Crippen LogP contribution in [0.15, 0.2) is 58.5 Å². The molecule has 0 bridgehead atoms. The van der Waals surface area contributed by atoms with Gasteiger partial charge in [-0.15, -0.1) is 11.3 Å². The van der Waals surface area contributed by atoms with Crippen LogP contribution in [-0.2, 0) is 12.3 Å². The van der Waals surface area contributed by atoms with Crippen LogP contribution in [-0.4, -0.2) is 20.3 Å². The van der Waals surface area contributed by atoms with Gasteiger partial charge in [-0.1, -0.05) is 35.5 Å². The number of carbonyl (C=O) groups excluding carboxylic acids is 1. The fraction of sp³-hybridized carbons (Fsp3) is 0.150. The maximum absolute atomic E-state index is 12.4. The number of rotatable bonds is 6. The average molecular weight is 429 g/mol. The lowest BCUT2D eigenvalue weighted by Crippen LogP contribution is -2.22. The van der Waals surface area contributed by atoms with Crippen molar-refractivity contribution in [2.75, 3.05) is 0 Å². The molecule has 8 heteroatoms. The summed E-state index contributed by atoms with van der Waals surface area (Å²) in [4.78, 5) is 21.3. The van der Waals surface area contributed by atoms with Crippen molar-refractivity contribution in [2.45, 2.75) is 23.6 Å². The van der Waals surface area contributed by atoms with Crippen LogP contribution in [0.1, 0.15) is 27.3 Å². The molecule has 0 unspecified atom stereocenters. The Morgan fingerprint density at radius 2 is 2.00 bits per heavy atom. The molecule has 3 heterocycles. The van der Waals surface area contributed by atoms with Crippen molar-refractivity contribution in [3.63, 3.8) is 0 Å². The number of hydrogen-bond donors (Lipinski definition) is 1. The second-order valence-corrected chi connectivity index (χ2v) is 8.79. The van der Waals surface area contributed by atoms with E-state index in [0.717, 1.165) is 32.7 Å². The van der Waals surface area contributed by atoms with Gasteiger partial charge >= 0.3 is 0 Å². The van der Waals surface area contributed by atoms with E-state index < -0.39 is 0 Å². The SMILES string of the molecule is Cc1csc(SCc2ccc(C(=O)NCc3cn4cc(Cl)ccc4n3)cc2)n1. The van der Waals surface area contributed by atoms with Crippen molar-refractivity contribution in [1.82, 2.24) is 19.7 Å². The third kappa shape index (κ3) is 4.55. The molecule has 0 saturated carbocycles. The van der Waals surface area contributed by atoms with Gasteiger partial charge < -0.3 is 9.72 Å². The molecule has 0 radical (unpaired) electrons. The number of pyridine rings is 1.